The van der Waals surface area contributed by atoms with E-state index in [0.717, 1.165) is 0 Å². The summed E-state index contributed by atoms with van der Waals surface area (Å²) in [4.78, 5) is 12.9. The van der Waals surface area contributed by atoms with Crippen molar-refractivity contribution in [3.8, 4) is 0 Å². The number of carbonyl (C=O) groups is 1. The SMILES string of the molecule is NP(=O)(OI)N1CCN(C(=O)OCCO)CC1. The molecule has 1 fully saturated rings. The maximum absolute atomic E-state index is 11.7. The summed E-state index contributed by atoms with van der Waals surface area (Å²) in [5.74, 6) is 0. The van der Waals surface area contributed by atoms with Crippen molar-refractivity contribution in [2.45, 2.75) is 0 Å². The highest BCUT2D eigenvalue weighted by Gasteiger charge is 2.32. The maximum Gasteiger partial charge on any atom is 0.409 e. The summed E-state index contributed by atoms with van der Waals surface area (Å²) in [5.41, 5.74) is 5.48. The van der Waals surface area contributed by atoms with Crippen LogP contribution in [-0.4, -0.2) is 60.2 Å². The predicted octanol–water partition coefficient (Wildman–Crippen LogP) is 0.166. The first-order valence-corrected chi connectivity index (χ1v) is 7.51. The Hall–Kier alpha value is 0.0700. The summed E-state index contributed by atoms with van der Waals surface area (Å²) in [6, 6.07) is 0. The van der Waals surface area contributed by atoms with Crippen molar-refractivity contribution >= 4 is 36.8 Å². The van der Waals surface area contributed by atoms with E-state index in [0.29, 0.717) is 26.2 Å². The topological polar surface area (TPSA) is 105 Å². The van der Waals surface area contributed by atoms with E-state index >= 15 is 0 Å². The highest BCUT2D eigenvalue weighted by atomic mass is 127. The number of nitrogens with zero attached hydrogens (tertiary/aromatic N) is 2. The molecule has 1 heterocycles. The average Bonchev–Trinajstić information content (AvgIpc) is 2.36. The number of hydrogen-bond acceptors (Lipinski definition) is 5. The molecule has 100 valence electrons. The fourth-order valence-corrected chi connectivity index (χ4v) is 3.00. The van der Waals surface area contributed by atoms with Crippen molar-refractivity contribution in [2.24, 2.45) is 5.50 Å². The monoisotopic (exact) mass is 379 g/mol. The molecular formula is C7H15IN3O5P. The van der Waals surface area contributed by atoms with E-state index in [2.05, 4.69) is 0 Å². The van der Waals surface area contributed by atoms with E-state index in [-0.39, 0.29) is 13.2 Å². The van der Waals surface area contributed by atoms with Crippen LogP contribution in [0.5, 0.6) is 0 Å². The molecule has 17 heavy (non-hydrogen) atoms. The summed E-state index contributed by atoms with van der Waals surface area (Å²) >= 11 is 1.51. The Labute approximate surface area is 113 Å². The van der Waals surface area contributed by atoms with E-state index in [4.69, 9.17) is 18.2 Å². The zero-order valence-corrected chi connectivity index (χ0v) is 12.2. The number of ether oxygens (including phenoxy) is 1. The second-order valence-electron chi connectivity index (χ2n) is 3.41. The van der Waals surface area contributed by atoms with Gasteiger partial charge < -0.3 is 14.7 Å². The number of amides is 1. The van der Waals surface area contributed by atoms with Gasteiger partial charge in [0.05, 0.1) is 6.61 Å². The van der Waals surface area contributed by atoms with Gasteiger partial charge in [0.25, 0.3) is 0 Å². The number of aliphatic hydroxyl groups excluding tert-OH is 1. The van der Waals surface area contributed by atoms with Gasteiger partial charge in [-0.15, -0.1) is 0 Å². The second-order valence-corrected chi connectivity index (χ2v) is 6.43. The molecule has 1 aliphatic rings. The lowest BCUT2D eigenvalue weighted by atomic mass is 10.4. The number of piperazine rings is 1. The molecule has 0 aromatic carbocycles. The van der Waals surface area contributed by atoms with Crippen LogP contribution in [-0.2, 0) is 12.2 Å². The van der Waals surface area contributed by atoms with Crippen molar-refractivity contribution < 1.29 is 22.1 Å². The van der Waals surface area contributed by atoms with Crippen molar-refractivity contribution in [3.63, 3.8) is 0 Å². The first-order chi connectivity index (χ1) is 8.01. The number of rotatable bonds is 4. The van der Waals surface area contributed by atoms with Crippen LogP contribution in [0.1, 0.15) is 0 Å². The molecule has 8 nitrogen and oxygen atoms in total. The lowest BCUT2D eigenvalue weighted by molar-refractivity contribution is 0.0733. The smallest absolute Gasteiger partial charge is 0.409 e. The molecule has 0 aromatic rings. The van der Waals surface area contributed by atoms with Crippen LogP contribution in [0.4, 0.5) is 4.79 Å². The molecule has 1 rings (SSSR count). The molecule has 0 spiro atoms. The van der Waals surface area contributed by atoms with Gasteiger partial charge in [-0.1, -0.05) is 0 Å². The third kappa shape index (κ3) is 4.34. The molecule has 1 amide bonds. The molecule has 1 atom stereocenters. The summed E-state index contributed by atoms with van der Waals surface area (Å²) in [6.07, 6.45) is -0.485. The summed E-state index contributed by atoms with van der Waals surface area (Å²) < 4.78 is 22.7. The van der Waals surface area contributed by atoms with Crippen LogP contribution in [0.15, 0.2) is 0 Å². The largest absolute Gasteiger partial charge is 0.447 e. The average molecular weight is 379 g/mol. The molecule has 0 bridgehead atoms. The van der Waals surface area contributed by atoms with Gasteiger partial charge in [0, 0.05) is 26.2 Å². The molecule has 0 radical (unpaired) electrons. The number of hydrogen-bond donors (Lipinski definition) is 2. The van der Waals surface area contributed by atoms with Crippen LogP contribution in [0, 0.1) is 0 Å². The third-order valence-electron chi connectivity index (χ3n) is 2.32. The minimum absolute atomic E-state index is 0.0225. The summed E-state index contributed by atoms with van der Waals surface area (Å²) in [5, 5.41) is 8.52. The molecule has 1 saturated heterocycles. The third-order valence-corrected chi connectivity index (χ3v) is 5.40. The Kier molecular flexibility index (Phi) is 6.10. The Morgan fingerprint density at radius 3 is 2.47 bits per heavy atom. The van der Waals surface area contributed by atoms with Crippen LogP contribution in [0.2, 0.25) is 0 Å². The van der Waals surface area contributed by atoms with Gasteiger partial charge in [-0.05, 0) is 0 Å². The Morgan fingerprint density at radius 2 is 2.00 bits per heavy atom. The minimum atomic E-state index is -3.23. The van der Waals surface area contributed by atoms with E-state index in [1.807, 2.05) is 0 Å². The predicted molar refractivity (Wildman–Crippen MR) is 68.5 cm³/mol. The molecule has 0 saturated carbocycles. The lowest BCUT2D eigenvalue weighted by Crippen LogP contribution is -2.48. The minimum Gasteiger partial charge on any atom is -0.447 e. The normalized spacial score (nSPS) is 21.0. The van der Waals surface area contributed by atoms with Crippen LogP contribution in [0.25, 0.3) is 0 Å². The van der Waals surface area contributed by atoms with Crippen LogP contribution >= 0.6 is 30.7 Å². The first kappa shape index (κ1) is 15.1. The first-order valence-electron chi connectivity index (χ1n) is 4.98. The number of aliphatic hydroxyl groups is 1. The molecule has 3 N–H and O–H groups in total. The standard InChI is InChI=1S/C7H15IN3O5P/c8-16-17(9,14)11-3-1-10(2-4-11)7(13)15-6-5-12/h12H,1-6H2,(H2,9,14). The lowest BCUT2D eigenvalue weighted by Gasteiger charge is -2.35. The molecular weight excluding hydrogens is 364 g/mol. The zero-order valence-electron chi connectivity index (χ0n) is 9.12. The van der Waals surface area contributed by atoms with Gasteiger partial charge in [0.15, 0.2) is 0 Å². The van der Waals surface area contributed by atoms with E-state index in [1.54, 1.807) is 0 Å². The van der Waals surface area contributed by atoms with Gasteiger partial charge >= 0.3 is 13.8 Å². The van der Waals surface area contributed by atoms with E-state index < -0.39 is 13.8 Å². The van der Waals surface area contributed by atoms with Crippen molar-refractivity contribution in [2.75, 3.05) is 39.4 Å². The van der Waals surface area contributed by atoms with Gasteiger partial charge in [-0.2, -0.15) is 0 Å². The van der Waals surface area contributed by atoms with Gasteiger partial charge in [0.2, 0.25) is 0 Å². The Morgan fingerprint density at radius 1 is 1.41 bits per heavy atom. The fourth-order valence-electron chi connectivity index (χ4n) is 1.43. The van der Waals surface area contributed by atoms with Crippen molar-refractivity contribution in [3.05, 3.63) is 0 Å². The maximum atomic E-state index is 11.7. The zero-order chi connectivity index (χ0) is 12.9. The molecule has 0 aromatic heterocycles. The van der Waals surface area contributed by atoms with E-state index in [1.165, 1.54) is 32.6 Å². The fraction of sp³-hybridized carbons (Fsp3) is 0.857. The van der Waals surface area contributed by atoms with Crippen LogP contribution in [0.3, 0.4) is 0 Å². The molecule has 0 aliphatic carbocycles. The number of halogens is 1. The van der Waals surface area contributed by atoms with E-state index in [9.17, 15) is 9.36 Å². The van der Waals surface area contributed by atoms with Gasteiger partial charge in [-0.25, -0.2) is 17.8 Å². The molecule has 1 aliphatic heterocycles. The molecule has 1 unspecified atom stereocenters. The molecule has 10 heteroatoms. The number of nitrogens with two attached hydrogens (primary N) is 1. The summed E-state index contributed by atoms with van der Waals surface area (Å²) in [6.45, 7) is 1.24. The highest BCUT2D eigenvalue weighted by Crippen LogP contribution is 2.44. The number of carbonyl (C=O) groups excluding carboxylic acids is 1. The van der Waals surface area contributed by atoms with Crippen LogP contribution < -0.4 is 5.50 Å². The van der Waals surface area contributed by atoms with Gasteiger partial charge in [0.1, 0.15) is 29.6 Å². The van der Waals surface area contributed by atoms with Gasteiger partial charge in [-0.3, -0.25) is 4.57 Å². The second kappa shape index (κ2) is 6.86. The van der Waals surface area contributed by atoms with Crippen molar-refractivity contribution in [1.82, 2.24) is 9.57 Å². The highest BCUT2D eigenvalue weighted by molar-refractivity contribution is 14.1. The Bertz CT molecular complexity index is 310. The Balaban J connectivity index is 2.40. The van der Waals surface area contributed by atoms with Crippen molar-refractivity contribution in [1.29, 1.82) is 0 Å². The quantitative estimate of drug-likeness (QED) is 0.530. The summed E-state index contributed by atoms with van der Waals surface area (Å²) in [7, 11) is -3.23.